The first-order valence-electron chi connectivity index (χ1n) is 8.65. The van der Waals surface area contributed by atoms with E-state index in [-0.39, 0.29) is 23.6 Å². The number of aromatic nitrogens is 1. The van der Waals surface area contributed by atoms with Crippen LogP contribution in [0.3, 0.4) is 0 Å². The molecule has 0 spiro atoms. The topological polar surface area (TPSA) is 101 Å². The van der Waals surface area contributed by atoms with Gasteiger partial charge in [-0.15, -0.1) is 0 Å². The van der Waals surface area contributed by atoms with Crippen LogP contribution in [0.5, 0.6) is 5.88 Å². The first kappa shape index (κ1) is 19.0. The number of amides is 2. The number of hydrogen-bond acceptors (Lipinski definition) is 4. The summed E-state index contributed by atoms with van der Waals surface area (Å²) in [7, 11) is 0. The SMILES string of the molecule is CC(C)(C)Oc1cccc(CNC(=O)NC2CCC(C(=O)O)CC2)n1. The highest BCUT2D eigenvalue weighted by Gasteiger charge is 2.26. The van der Waals surface area contributed by atoms with Crippen LogP contribution in [0.25, 0.3) is 0 Å². The molecule has 0 atom stereocenters. The highest BCUT2D eigenvalue weighted by molar-refractivity contribution is 5.74. The van der Waals surface area contributed by atoms with Crippen LogP contribution >= 0.6 is 0 Å². The van der Waals surface area contributed by atoms with Crippen LogP contribution in [-0.2, 0) is 11.3 Å². The Hall–Kier alpha value is -2.31. The molecular formula is C18H27N3O4. The van der Waals surface area contributed by atoms with Gasteiger partial charge in [0.05, 0.1) is 18.2 Å². The largest absolute Gasteiger partial charge is 0.481 e. The van der Waals surface area contributed by atoms with Crippen LogP contribution in [0.1, 0.15) is 52.1 Å². The lowest BCUT2D eigenvalue weighted by Gasteiger charge is -2.26. The Balaban J connectivity index is 1.77. The fourth-order valence-electron chi connectivity index (χ4n) is 2.82. The van der Waals surface area contributed by atoms with Crippen molar-refractivity contribution in [2.45, 2.75) is 64.6 Å². The number of ether oxygens (including phenoxy) is 1. The molecule has 3 N–H and O–H groups in total. The van der Waals surface area contributed by atoms with Crippen molar-refractivity contribution >= 4 is 12.0 Å². The average molecular weight is 349 g/mol. The van der Waals surface area contributed by atoms with Gasteiger partial charge >= 0.3 is 12.0 Å². The number of carbonyl (C=O) groups excluding carboxylic acids is 1. The summed E-state index contributed by atoms with van der Waals surface area (Å²) >= 11 is 0. The zero-order chi connectivity index (χ0) is 18.4. The lowest BCUT2D eigenvalue weighted by atomic mass is 9.86. The smallest absolute Gasteiger partial charge is 0.315 e. The van der Waals surface area contributed by atoms with Crippen molar-refractivity contribution < 1.29 is 19.4 Å². The number of urea groups is 1. The number of nitrogens with zero attached hydrogens (tertiary/aromatic N) is 1. The fraction of sp³-hybridized carbons (Fsp3) is 0.611. The Morgan fingerprint density at radius 2 is 1.92 bits per heavy atom. The molecule has 0 bridgehead atoms. The number of hydrogen-bond donors (Lipinski definition) is 3. The third-order valence-corrected chi connectivity index (χ3v) is 4.03. The first-order chi connectivity index (χ1) is 11.7. The molecule has 1 aromatic heterocycles. The number of nitrogens with one attached hydrogen (secondary N) is 2. The number of carboxylic acid groups (broad SMARTS) is 1. The zero-order valence-corrected chi connectivity index (χ0v) is 15.0. The molecule has 0 aromatic carbocycles. The third-order valence-electron chi connectivity index (χ3n) is 4.03. The van der Waals surface area contributed by atoms with Gasteiger partial charge in [0.1, 0.15) is 5.60 Å². The molecule has 7 nitrogen and oxygen atoms in total. The molecule has 1 aliphatic rings. The van der Waals surface area contributed by atoms with E-state index in [4.69, 9.17) is 9.84 Å². The second kappa shape index (κ2) is 8.18. The lowest BCUT2D eigenvalue weighted by Crippen LogP contribution is -2.44. The molecule has 7 heteroatoms. The van der Waals surface area contributed by atoms with E-state index in [1.165, 1.54) is 0 Å². The summed E-state index contributed by atoms with van der Waals surface area (Å²) in [6.07, 6.45) is 2.59. The van der Waals surface area contributed by atoms with Gasteiger partial charge in [0.25, 0.3) is 0 Å². The van der Waals surface area contributed by atoms with Crippen LogP contribution in [0.2, 0.25) is 0 Å². The number of carboxylic acids is 1. The van der Waals surface area contributed by atoms with E-state index in [9.17, 15) is 9.59 Å². The Morgan fingerprint density at radius 3 is 2.52 bits per heavy atom. The Bertz CT molecular complexity index is 605. The molecule has 0 unspecified atom stereocenters. The van der Waals surface area contributed by atoms with Crippen molar-refractivity contribution in [3.63, 3.8) is 0 Å². The van der Waals surface area contributed by atoms with Gasteiger partial charge in [-0.1, -0.05) is 6.07 Å². The summed E-state index contributed by atoms with van der Waals surface area (Å²) < 4.78 is 5.71. The summed E-state index contributed by atoms with van der Waals surface area (Å²) in [5.74, 6) is -0.499. The first-order valence-corrected chi connectivity index (χ1v) is 8.65. The molecule has 1 aliphatic carbocycles. The normalized spacial score (nSPS) is 20.6. The number of rotatable bonds is 5. The van der Waals surface area contributed by atoms with Crippen molar-refractivity contribution in [2.24, 2.45) is 5.92 Å². The van der Waals surface area contributed by atoms with Gasteiger partial charge in [0.2, 0.25) is 5.88 Å². The van der Waals surface area contributed by atoms with Crippen molar-refractivity contribution in [1.82, 2.24) is 15.6 Å². The summed E-state index contributed by atoms with van der Waals surface area (Å²) in [4.78, 5) is 27.3. The maximum atomic E-state index is 12.0. The molecule has 1 aromatic rings. The molecule has 2 rings (SSSR count). The monoisotopic (exact) mass is 349 g/mol. The van der Waals surface area contributed by atoms with Crippen LogP contribution in [-0.4, -0.2) is 33.7 Å². The van der Waals surface area contributed by atoms with Crippen molar-refractivity contribution in [1.29, 1.82) is 0 Å². The second-order valence-electron chi connectivity index (χ2n) is 7.40. The number of aliphatic carboxylic acids is 1. The van der Waals surface area contributed by atoms with E-state index >= 15 is 0 Å². The lowest BCUT2D eigenvalue weighted by molar-refractivity contribution is -0.142. The summed E-state index contributed by atoms with van der Waals surface area (Å²) in [6, 6.07) is 5.22. The van der Waals surface area contributed by atoms with E-state index < -0.39 is 5.97 Å². The highest BCUT2D eigenvalue weighted by Crippen LogP contribution is 2.24. The van der Waals surface area contributed by atoms with Crippen molar-refractivity contribution in [2.75, 3.05) is 0 Å². The Labute approximate surface area is 148 Å². The molecule has 1 fully saturated rings. The number of pyridine rings is 1. The maximum absolute atomic E-state index is 12.0. The van der Waals surface area contributed by atoms with Gasteiger partial charge in [-0.05, 0) is 52.5 Å². The highest BCUT2D eigenvalue weighted by atomic mass is 16.5. The molecule has 138 valence electrons. The zero-order valence-electron chi connectivity index (χ0n) is 15.0. The van der Waals surface area contributed by atoms with Gasteiger partial charge < -0.3 is 20.5 Å². The minimum atomic E-state index is -0.744. The van der Waals surface area contributed by atoms with Crippen LogP contribution < -0.4 is 15.4 Å². The molecule has 25 heavy (non-hydrogen) atoms. The predicted molar refractivity (Wildman–Crippen MR) is 93.4 cm³/mol. The second-order valence-corrected chi connectivity index (χ2v) is 7.40. The molecule has 2 amide bonds. The Kier molecular flexibility index (Phi) is 6.22. The summed E-state index contributed by atoms with van der Waals surface area (Å²) in [5, 5.41) is 14.7. The van der Waals surface area contributed by atoms with Crippen molar-refractivity contribution in [3.05, 3.63) is 23.9 Å². The van der Waals surface area contributed by atoms with Gasteiger partial charge in [-0.25, -0.2) is 9.78 Å². The van der Waals surface area contributed by atoms with Gasteiger partial charge in [-0.2, -0.15) is 0 Å². The molecule has 0 radical (unpaired) electrons. The van der Waals surface area contributed by atoms with Crippen LogP contribution in [0.4, 0.5) is 4.79 Å². The fourth-order valence-corrected chi connectivity index (χ4v) is 2.82. The minimum Gasteiger partial charge on any atom is -0.481 e. The molecular weight excluding hydrogens is 322 g/mol. The van der Waals surface area contributed by atoms with Crippen LogP contribution in [0.15, 0.2) is 18.2 Å². The van der Waals surface area contributed by atoms with Crippen LogP contribution in [0, 0.1) is 5.92 Å². The minimum absolute atomic E-state index is 0.0270. The molecule has 1 saturated carbocycles. The van der Waals surface area contributed by atoms with E-state index in [1.807, 2.05) is 32.9 Å². The van der Waals surface area contributed by atoms with E-state index in [2.05, 4.69) is 15.6 Å². The molecule has 1 heterocycles. The summed E-state index contributed by atoms with van der Waals surface area (Å²) in [6.45, 7) is 6.15. The predicted octanol–water partition coefficient (Wildman–Crippen LogP) is 2.70. The number of carbonyl (C=O) groups is 2. The van der Waals surface area contributed by atoms with E-state index in [1.54, 1.807) is 6.07 Å². The van der Waals surface area contributed by atoms with Gasteiger partial charge in [-0.3, -0.25) is 4.79 Å². The molecule has 0 aliphatic heterocycles. The van der Waals surface area contributed by atoms with Crippen molar-refractivity contribution in [3.8, 4) is 5.88 Å². The average Bonchev–Trinajstić information content (AvgIpc) is 2.52. The Morgan fingerprint density at radius 1 is 1.24 bits per heavy atom. The third kappa shape index (κ3) is 6.60. The van der Waals surface area contributed by atoms with Gasteiger partial charge in [0.15, 0.2) is 0 Å². The maximum Gasteiger partial charge on any atom is 0.315 e. The van der Waals surface area contributed by atoms with E-state index in [0.717, 1.165) is 0 Å². The quantitative estimate of drug-likeness (QED) is 0.759. The molecule has 0 saturated heterocycles. The summed E-state index contributed by atoms with van der Waals surface area (Å²) in [5.41, 5.74) is 0.386. The standard InChI is InChI=1S/C18H27N3O4/c1-18(2,3)25-15-6-4-5-14(20-15)11-19-17(24)21-13-9-7-12(8-10-13)16(22)23/h4-6,12-13H,7-11H2,1-3H3,(H,22,23)(H2,19,21,24). The van der Waals surface area contributed by atoms with Gasteiger partial charge in [0, 0.05) is 12.1 Å². The van der Waals surface area contributed by atoms with E-state index in [0.29, 0.717) is 43.8 Å².